The van der Waals surface area contributed by atoms with Gasteiger partial charge in [-0.25, -0.2) is 9.59 Å². The predicted octanol–water partition coefficient (Wildman–Crippen LogP) is -0.0803. The van der Waals surface area contributed by atoms with E-state index in [1.807, 2.05) is 13.8 Å². The highest BCUT2D eigenvalue weighted by Gasteiger charge is 2.14. The molecule has 0 saturated heterocycles. The Morgan fingerprint density at radius 3 is 2.47 bits per heavy atom. The third-order valence-electron chi connectivity index (χ3n) is 1.84. The van der Waals surface area contributed by atoms with E-state index >= 15 is 0 Å². The highest BCUT2D eigenvalue weighted by atomic mass is 16.4. The van der Waals surface area contributed by atoms with Crippen molar-refractivity contribution in [3.8, 4) is 0 Å². The second kappa shape index (κ2) is 7.05. The molecule has 0 aliphatic carbocycles. The van der Waals surface area contributed by atoms with Crippen LogP contribution in [0.25, 0.3) is 0 Å². The van der Waals surface area contributed by atoms with Gasteiger partial charge in [-0.3, -0.25) is 0 Å². The third-order valence-corrected chi connectivity index (χ3v) is 1.84. The molecule has 4 N–H and O–H groups in total. The highest BCUT2D eigenvalue weighted by Crippen LogP contribution is 1.93. The number of aliphatic hydroxyl groups excluding tert-OH is 1. The first-order valence-electron chi connectivity index (χ1n) is 4.92. The minimum absolute atomic E-state index is 0.0389. The number of carbonyl (C=O) groups is 2. The molecule has 88 valence electrons. The largest absolute Gasteiger partial charge is 0.479 e. The molecule has 6 nitrogen and oxygen atoms in total. The van der Waals surface area contributed by atoms with E-state index in [4.69, 9.17) is 10.2 Å². The van der Waals surface area contributed by atoms with E-state index in [2.05, 4.69) is 10.6 Å². The molecule has 0 spiro atoms. The molecule has 0 aromatic carbocycles. The van der Waals surface area contributed by atoms with Gasteiger partial charge in [-0.1, -0.05) is 13.3 Å². The Kier molecular flexibility index (Phi) is 6.44. The van der Waals surface area contributed by atoms with Crippen molar-refractivity contribution in [1.29, 1.82) is 0 Å². The first-order chi connectivity index (χ1) is 6.97. The van der Waals surface area contributed by atoms with Crippen LogP contribution >= 0.6 is 0 Å². The summed E-state index contributed by atoms with van der Waals surface area (Å²) >= 11 is 0. The van der Waals surface area contributed by atoms with Crippen molar-refractivity contribution >= 4 is 12.0 Å². The molecule has 0 aliphatic heterocycles. The Morgan fingerprint density at radius 2 is 2.00 bits per heavy atom. The summed E-state index contributed by atoms with van der Waals surface area (Å²) in [6.07, 6.45) is 0.255. The van der Waals surface area contributed by atoms with Crippen LogP contribution in [0, 0.1) is 0 Å². The molecule has 0 aromatic heterocycles. The first-order valence-corrected chi connectivity index (χ1v) is 4.92. The minimum Gasteiger partial charge on any atom is -0.479 e. The van der Waals surface area contributed by atoms with E-state index in [-0.39, 0.29) is 12.6 Å². The van der Waals surface area contributed by atoms with Crippen molar-refractivity contribution in [3.63, 3.8) is 0 Å². The number of aliphatic hydroxyl groups is 1. The lowest BCUT2D eigenvalue weighted by Gasteiger charge is -2.14. The van der Waals surface area contributed by atoms with Crippen LogP contribution in [0.4, 0.5) is 4.79 Å². The van der Waals surface area contributed by atoms with Gasteiger partial charge in [0.2, 0.25) is 0 Å². The number of rotatable bonds is 6. The van der Waals surface area contributed by atoms with Gasteiger partial charge in [0.15, 0.2) is 6.10 Å². The number of carbonyl (C=O) groups excluding carboxylic acids is 1. The molecule has 2 atom stereocenters. The second-order valence-electron chi connectivity index (χ2n) is 3.40. The van der Waals surface area contributed by atoms with Crippen LogP contribution < -0.4 is 10.6 Å². The molecule has 0 aromatic rings. The molecule has 0 radical (unpaired) electrons. The van der Waals surface area contributed by atoms with Crippen molar-refractivity contribution in [2.75, 3.05) is 6.54 Å². The van der Waals surface area contributed by atoms with E-state index < -0.39 is 18.1 Å². The van der Waals surface area contributed by atoms with Gasteiger partial charge in [-0.2, -0.15) is 0 Å². The summed E-state index contributed by atoms with van der Waals surface area (Å²) in [5.74, 6) is -1.35. The number of carboxylic acid groups (broad SMARTS) is 1. The monoisotopic (exact) mass is 218 g/mol. The van der Waals surface area contributed by atoms with E-state index in [0.717, 1.165) is 12.8 Å². The smallest absolute Gasteiger partial charge is 0.334 e. The summed E-state index contributed by atoms with van der Waals surface area (Å²) in [7, 11) is 0. The van der Waals surface area contributed by atoms with Crippen LogP contribution in [0.2, 0.25) is 0 Å². The summed E-state index contributed by atoms with van der Waals surface area (Å²) < 4.78 is 0. The average Bonchev–Trinajstić information content (AvgIpc) is 2.14. The fraction of sp³-hybridized carbons (Fsp3) is 0.778. The SMILES string of the molecule is CCCC(C)NC(=O)NCC(O)C(=O)O. The van der Waals surface area contributed by atoms with Crippen molar-refractivity contribution in [1.82, 2.24) is 10.6 Å². The molecular formula is C9H18N2O4. The zero-order chi connectivity index (χ0) is 11.8. The molecular weight excluding hydrogens is 200 g/mol. The van der Waals surface area contributed by atoms with Crippen LogP contribution in [0.15, 0.2) is 0 Å². The molecule has 0 bridgehead atoms. The molecule has 0 rings (SSSR count). The number of hydrogen-bond donors (Lipinski definition) is 4. The molecule has 0 saturated carbocycles. The molecule has 2 amide bonds. The maximum absolute atomic E-state index is 11.1. The second-order valence-corrected chi connectivity index (χ2v) is 3.40. The topological polar surface area (TPSA) is 98.7 Å². The van der Waals surface area contributed by atoms with Crippen LogP contribution in [0.5, 0.6) is 0 Å². The molecule has 0 aliphatic rings. The summed E-state index contributed by atoms with van der Waals surface area (Å²) in [6.45, 7) is 3.57. The summed E-state index contributed by atoms with van der Waals surface area (Å²) in [6, 6.07) is -0.423. The lowest BCUT2D eigenvalue weighted by Crippen LogP contribution is -2.44. The van der Waals surface area contributed by atoms with Gasteiger partial charge in [0.05, 0.1) is 6.54 Å². The van der Waals surface area contributed by atoms with Gasteiger partial charge in [-0.05, 0) is 13.3 Å². The number of hydrogen-bond acceptors (Lipinski definition) is 3. The normalized spacial score (nSPS) is 14.1. The van der Waals surface area contributed by atoms with Gasteiger partial charge in [0.1, 0.15) is 0 Å². The summed E-state index contributed by atoms with van der Waals surface area (Å²) in [5.41, 5.74) is 0. The average molecular weight is 218 g/mol. The Labute approximate surface area is 88.7 Å². The molecule has 15 heavy (non-hydrogen) atoms. The number of carboxylic acids is 1. The Bertz CT molecular complexity index is 220. The van der Waals surface area contributed by atoms with Gasteiger partial charge < -0.3 is 20.8 Å². The van der Waals surface area contributed by atoms with Gasteiger partial charge in [0, 0.05) is 6.04 Å². The number of aliphatic carboxylic acids is 1. The number of urea groups is 1. The summed E-state index contributed by atoms with van der Waals surface area (Å²) in [5, 5.41) is 22.1. The zero-order valence-electron chi connectivity index (χ0n) is 8.99. The highest BCUT2D eigenvalue weighted by molar-refractivity contribution is 5.76. The number of amides is 2. The Morgan fingerprint density at radius 1 is 1.40 bits per heavy atom. The lowest BCUT2D eigenvalue weighted by molar-refractivity contribution is -0.146. The van der Waals surface area contributed by atoms with E-state index in [1.54, 1.807) is 0 Å². The van der Waals surface area contributed by atoms with E-state index in [1.165, 1.54) is 0 Å². The third kappa shape index (κ3) is 6.73. The molecule has 0 fully saturated rings. The maximum atomic E-state index is 11.1. The Balaban J connectivity index is 3.70. The fourth-order valence-electron chi connectivity index (χ4n) is 1.06. The standard InChI is InChI=1S/C9H18N2O4/c1-3-4-6(2)11-9(15)10-5-7(12)8(13)14/h6-7,12H,3-5H2,1-2H3,(H,13,14)(H2,10,11,15). The van der Waals surface area contributed by atoms with Gasteiger partial charge in [-0.15, -0.1) is 0 Å². The fourth-order valence-corrected chi connectivity index (χ4v) is 1.06. The maximum Gasteiger partial charge on any atom is 0.334 e. The van der Waals surface area contributed by atoms with Crippen molar-refractivity contribution in [3.05, 3.63) is 0 Å². The van der Waals surface area contributed by atoms with Gasteiger partial charge >= 0.3 is 12.0 Å². The van der Waals surface area contributed by atoms with Crippen molar-refractivity contribution in [2.24, 2.45) is 0 Å². The van der Waals surface area contributed by atoms with Crippen molar-refractivity contribution < 1.29 is 19.8 Å². The van der Waals surface area contributed by atoms with Crippen LogP contribution in [-0.2, 0) is 4.79 Å². The Hall–Kier alpha value is -1.30. The first kappa shape index (κ1) is 13.7. The zero-order valence-corrected chi connectivity index (χ0v) is 8.99. The molecule has 2 unspecified atom stereocenters. The van der Waals surface area contributed by atoms with Crippen LogP contribution in [0.3, 0.4) is 0 Å². The van der Waals surface area contributed by atoms with E-state index in [0.29, 0.717) is 0 Å². The molecule has 6 heteroatoms. The number of nitrogens with one attached hydrogen (secondary N) is 2. The summed E-state index contributed by atoms with van der Waals surface area (Å²) in [4.78, 5) is 21.3. The van der Waals surface area contributed by atoms with Crippen LogP contribution in [-0.4, -0.2) is 40.9 Å². The minimum atomic E-state index is -1.56. The van der Waals surface area contributed by atoms with Crippen molar-refractivity contribution in [2.45, 2.75) is 38.8 Å². The van der Waals surface area contributed by atoms with E-state index in [9.17, 15) is 9.59 Å². The predicted molar refractivity (Wildman–Crippen MR) is 54.5 cm³/mol. The lowest BCUT2D eigenvalue weighted by atomic mass is 10.2. The molecule has 0 heterocycles. The quantitative estimate of drug-likeness (QED) is 0.501. The van der Waals surface area contributed by atoms with Gasteiger partial charge in [0.25, 0.3) is 0 Å². The van der Waals surface area contributed by atoms with Crippen LogP contribution in [0.1, 0.15) is 26.7 Å².